The number of nitrogens with zero attached hydrogens (tertiary/aromatic N) is 1. The van der Waals surface area contributed by atoms with Gasteiger partial charge >= 0.3 is 0 Å². The third-order valence-electron chi connectivity index (χ3n) is 4.39. The maximum absolute atomic E-state index is 12.4. The highest BCUT2D eigenvalue weighted by Crippen LogP contribution is 2.30. The third kappa shape index (κ3) is 3.34. The van der Waals surface area contributed by atoms with E-state index in [4.69, 9.17) is 4.74 Å². The molecule has 0 fully saturated rings. The molecule has 3 heterocycles. The molecule has 146 valence electrons. The van der Waals surface area contributed by atoms with Crippen molar-refractivity contribution in [1.29, 1.82) is 0 Å². The summed E-state index contributed by atoms with van der Waals surface area (Å²) in [5, 5.41) is 3.17. The second kappa shape index (κ2) is 6.60. The largest absolute Gasteiger partial charge is 0.474 e. The first-order valence-electron chi connectivity index (χ1n) is 8.28. The Balaban J connectivity index is 1.54. The number of sulfonamides is 1. The number of ether oxygens (including phenoxy) is 1. The number of thiophene rings is 1. The van der Waals surface area contributed by atoms with Gasteiger partial charge in [0.05, 0.1) is 11.1 Å². The van der Waals surface area contributed by atoms with Gasteiger partial charge in [-0.25, -0.2) is 13.4 Å². The first kappa shape index (κ1) is 18.4. The highest BCUT2D eigenvalue weighted by molar-refractivity contribution is 7.92. The number of benzene rings is 1. The summed E-state index contributed by atoms with van der Waals surface area (Å²) in [4.78, 5) is 33.0. The highest BCUT2D eigenvalue weighted by Gasteiger charge is 2.21. The van der Waals surface area contributed by atoms with Crippen molar-refractivity contribution in [3.63, 3.8) is 0 Å². The molecule has 2 aromatic heterocycles. The minimum absolute atomic E-state index is 0.0688. The molecular weight excluding hydrogens is 404 g/mol. The molecule has 3 aromatic rings. The topological polar surface area (TPSA) is 130 Å². The molecule has 0 saturated heterocycles. The van der Waals surface area contributed by atoms with E-state index in [9.17, 15) is 18.0 Å². The fourth-order valence-corrected chi connectivity index (χ4v) is 4.72. The van der Waals surface area contributed by atoms with Crippen LogP contribution in [0.4, 0.5) is 5.69 Å². The average molecular weight is 420 g/mol. The number of carbonyl (C=O) groups excluding carboxylic acids is 1. The number of rotatable bonds is 3. The van der Waals surface area contributed by atoms with Gasteiger partial charge < -0.3 is 15.0 Å². The monoisotopic (exact) mass is 420 g/mol. The van der Waals surface area contributed by atoms with Crippen molar-refractivity contribution in [2.45, 2.75) is 20.4 Å². The molecule has 9 nitrogen and oxygen atoms in total. The summed E-state index contributed by atoms with van der Waals surface area (Å²) in [7, 11) is -3.52. The zero-order valence-electron chi connectivity index (χ0n) is 15.0. The van der Waals surface area contributed by atoms with E-state index in [1.54, 1.807) is 18.2 Å². The van der Waals surface area contributed by atoms with Crippen LogP contribution in [-0.4, -0.2) is 30.2 Å². The number of hydrogen-bond acceptors (Lipinski definition) is 7. The Morgan fingerprint density at radius 3 is 2.93 bits per heavy atom. The number of nitrogens with one attached hydrogen (secondary N) is 3. The Labute approximate surface area is 163 Å². The van der Waals surface area contributed by atoms with Crippen LogP contribution in [0.25, 0.3) is 10.2 Å². The van der Waals surface area contributed by atoms with Crippen LogP contribution < -0.4 is 20.3 Å². The SMILES string of the molecule is Cc1sc2nc(C(=O)NCc3ccc4c(c3)NS(=O)(=O)CO4)[nH]c(=O)c2c1C. The van der Waals surface area contributed by atoms with Crippen molar-refractivity contribution in [3.05, 3.63) is 50.4 Å². The number of anilines is 1. The van der Waals surface area contributed by atoms with Crippen LogP contribution in [0, 0.1) is 13.8 Å². The van der Waals surface area contributed by atoms with Gasteiger partial charge in [0.15, 0.2) is 0 Å². The second-order valence-corrected chi connectivity index (χ2v) is 9.24. The molecule has 1 aliphatic rings. The van der Waals surface area contributed by atoms with Crippen molar-refractivity contribution in [2.75, 3.05) is 10.7 Å². The molecular formula is C17H16N4O5S2. The maximum atomic E-state index is 12.4. The van der Waals surface area contributed by atoms with E-state index in [2.05, 4.69) is 20.0 Å². The van der Waals surface area contributed by atoms with Crippen molar-refractivity contribution in [1.82, 2.24) is 15.3 Å². The van der Waals surface area contributed by atoms with Gasteiger partial charge in [-0.3, -0.25) is 14.3 Å². The standard InChI is InChI=1S/C17H16N4O5S2/c1-8-9(2)27-17-13(8)15(22)19-14(20-17)16(23)18-6-10-3-4-12-11(5-10)21-28(24,25)7-26-12/h3-5,21H,6-7H2,1-2H3,(H,18,23)(H,19,20,22). The van der Waals surface area contributed by atoms with Crippen LogP contribution in [0.1, 0.15) is 26.6 Å². The minimum atomic E-state index is -3.52. The van der Waals surface area contributed by atoms with Gasteiger partial charge in [0.2, 0.25) is 11.8 Å². The van der Waals surface area contributed by atoms with Gasteiger partial charge in [-0.1, -0.05) is 6.07 Å². The number of H-pyrrole nitrogens is 1. The van der Waals surface area contributed by atoms with Crippen LogP contribution in [0.15, 0.2) is 23.0 Å². The molecule has 4 rings (SSSR count). The zero-order valence-corrected chi connectivity index (χ0v) is 16.6. The molecule has 0 radical (unpaired) electrons. The van der Waals surface area contributed by atoms with Gasteiger partial charge in [0.25, 0.3) is 21.5 Å². The van der Waals surface area contributed by atoms with Crippen LogP contribution in [0.3, 0.4) is 0 Å². The Morgan fingerprint density at radius 1 is 1.36 bits per heavy atom. The Kier molecular flexibility index (Phi) is 4.35. The number of carbonyl (C=O) groups is 1. The fraction of sp³-hybridized carbons (Fsp3) is 0.235. The first-order valence-corrected chi connectivity index (χ1v) is 10.7. The Hall–Kier alpha value is -2.92. The van der Waals surface area contributed by atoms with E-state index in [0.29, 0.717) is 27.2 Å². The number of fused-ring (bicyclic) bond motifs is 2. The number of amides is 1. The van der Waals surface area contributed by atoms with E-state index < -0.39 is 21.9 Å². The van der Waals surface area contributed by atoms with E-state index in [0.717, 1.165) is 10.4 Å². The van der Waals surface area contributed by atoms with Crippen LogP contribution in [0.2, 0.25) is 0 Å². The average Bonchev–Trinajstić information content (AvgIpc) is 2.93. The number of aryl methyl sites for hydroxylation is 2. The van der Waals surface area contributed by atoms with Crippen molar-refractivity contribution in [3.8, 4) is 5.75 Å². The van der Waals surface area contributed by atoms with Gasteiger partial charge in [0, 0.05) is 11.4 Å². The molecule has 0 bridgehead atoms. The molecule has 1 amide bonds. The summed E-state index contributed by atoms with van der Waals surface area (Å²) < 4.78 is 30.8. The lowest BCUT2D eigenvalue weighted by Gasteiger charge is -2.19. The minimum Gasteiger partial charge on any atom is -0.474 e. The number of aromatic nitrogens is 2. The molecule has 0 aliphatic carbocycles. The molecule has 0 saturated carbocycles. The summed E-state index contributed by atoms with van der Waals surface area (Å²) in [6.07, 6.45) is 0. The maximum Gasteiger partial charge on any atom is 0.287 e. The Bertz CT molecular complexity index is 1280. The smallest absolute Gasteiger partial charge is 0.287 e. The number of hydrogen-bond donors (Lipinski definition) is 3. The van der Waals surface area contributed by atoms with Crippen LogP contribution in [-0.2, 0) is 16.6 Å². The Morgan fingerprint density at radius 2 is 2.14 bits per heavy atom. The predicted octanol–water partition coefficient (Wildman–Crippen LogP) is 1.62. The summed E-state index contributed by atoms with van der Waals surface area (Å²) in [5.41, 5.74) is 1.48. The van der Waals surface area contributed by atoms with Crippen molar-refractivity contribution in [2.24, 2.45) is 0 Å². The van der Waals surface area contributed by atoms with Crippen molar-refractivity contribution >= 4 is 43.2 Å². The quantitative estimate of drug-likeness (QED) is 0.590. The van der Waals surface area contributed by atoms with Gasteiger partial charge in [-0.05, 0) is 37.1 Å². The number of aromatic amines is 1. The summed E-state index contributed by atoms with van der Waals surface area (Å²) in [6.45, 7) is 3.87. The molecule has 1 aromatic carbocycles. The zero-order chi connectivity index (χ0) is 20.1. The summed E-state index contributed by atoms with van der Waals surface area (Å²) >= 11 is 1.36. The molecule has 1 aliphatic heterocycles. The van der Waals surface area contributed by atoms with E-state index in [-0.39, 0.29) is 17.9 Å². The van der Waals surface area contributed by atoms with Gasteiger partial charge in [0.1, 0.15) is 10.6 Å². The normalized spacial score (nSPS) is 14.8. The lowest BCUT2D eigenvalue weighted by atomic mass is 10.2. The second-order valence-electron chi connectivity index (χ2n) is 6.37. The van der Waals surface area contributed by atoms with Crippen molar-refractivity contribution < 1.29 is 17.9 Å². The lowest BCUT2D eigenvalue weighted by Crippen LogP contribution is -2.28. The first-order chi connectivity index (χ1) is 13.2. The molecule has 0 unspecified atom stereocenters. The van der Waals surface area contributed by atoms with E-state index in [1.807, 2.05) is 13.8 Å². The molecule has 3 N–H and O–H groups in total. The molecule has 28 heavy (non-hydrogen) atoms. The summed E-state index contributed by atoms with van der Waals surface area (Å²) in [6, 6.07) is 4.92. The van der Waals surface area contributed by atoms with Gasteiger partial charge in [-0.2, -0.15) is 0 Å². The van der Waals surface area contributed by atoms with Crippen LogP contribution >= 0.6 is 11.3 Å². The summed E-state index contributed by atoms with van der Waals surface area (Å²) in [5.74, 6) is -0.609. The van der Waals surface area contributed by atoms with E-state index in [1.165, 1.54) is 11.3 Å². The molecule has 0 spiro atoms. The molecule has 11 heteroatoms. The lowest BCUT2D eigenvalue weighted by molar-refractivity contribution is 0.0940. The predicted molar refractivity (Wildman–Crippen MR) is 105 cm³/mol. The van der Waals surface area contributed by atoms with E-state index >= 15 is 0 Å². The van der Waals surface area contributed by atoms with Crippen LogP contribution in [0.5, 0.6) is 5.75 Å². The molecule has 0 atom stereocenters. The third-order valence-corrected chi connectivity index (χ3v) is 6.45. The highest BCUT2D eigenvalue weighted by atomic mass is 32.2. The van der Waals surface area contributed by atoms with Gasteiger partial charge in [-0.15, -0.1) is 11.3 Å². The fourth-order valence-electron chi connectivity index (χ4n) is 2.86.